The molecular weight excluding hydrogens is 296 g/mol. The highest BCUT2D eigenvalue weighted by Gasteiger charge is 2.56. The fraction of sp³-hybridized carbons (Fsp3) is 0.812. The van der Waals surface area contributed by atoms with Gasteiger partial charge in [0.1, 0.15) is 12.1 Å². The monoisotopic (exact) mass is 322 g/mol. The number of carbonyl (C=O) groups is 3. The second-order valence-electron chi connectivity index (χ2n) is 7.18. The van der Waals surface area contributed by atoms with Gasteiger partial charge in [0, 0.05) is 13.1 Å². The molecule has 23 heavy (non-hydrogen) atoms. The number of nitrogens with zero attached hydrogens (tertiary/aromatic N) is 2. The van der Waals surface area contributed by atoms with Crippen LogP contribution in [0.25, 0.3) is 0 Å². The maximum atomic E-state index is 12.5. The molecule has 2 heterocycles. The van der Waals surface area contributed by atoms with Crippen LogP contribution in [0, 0.1) is 11.8 Å². The van der Waals surface area contributed by atoms with Crippen molar-refractivity contribution < 1.29 is 14.4 Å². The number of hydrogen-bond donors (Lipinski definition) is 2. The Hall–Kier alpha value is -1.63. The largest absolute Gasteiger partial charge is 0.341 e. The van der Waals surface area contributed by atoms with E-state index in [1.54, 1.807) is 11.8 Å². The molecule has 0 radical (unpaired) electrons. The van der Waals surface area contributed by atoms with Gasteiger partial charge in [-0.1, -0.05) is 0 Å². The minimum absolute atomic E-state index is 0.128. The molecule has 1 unspecified atom stereocenters. The SMILES string of the molecule is CNCC1CCN(C(=O)CN2C(=O)NC(C)(C3CC3)C2=O)CC1. The van der Waals surface area contributed by atoms with Crippen LogP contribution in [-0.4, -0.2) is 66.4 Å². The third-order valence-electron chi connectivity index (χ3n) is 5.45. The van der Waals surface area contributed by atoms with Crippen molar-refractivity contribution in [1.29, 1.82) is 0 Å². The number of hydrogen-bond acceptors (Lipinski definition) is 4. The second-order valence-corrected chi connectivity index (χ2v) is 7.18. The van der Waals surface area contributed by atoms with E-state index in [-0.39, 0.29) is 24.3 Å². The van der Waals surface area contributed by atoms with E-state index in [2.05, 4.69) is 10.6 Å². The van der Waals surface area contributed by atoms with Crippen LogP contribution < -0.4 is 10.6 Å². The zero-order chi connectivity index (χ0) is 16.6. The van der Waals surface area contributed by atoms with Crippen LogP contribution in [0.2, 0.25) is 0 Å². The molecule has 0 aromatic heterocycles. The highest BCUT2D eigenvalue weighted by molar-refractivity contribution is 6.09. The minimum atomic E-state index is -0.808. The number of likely N-dealkylation sites (tertiary alicyclic amines) is 1. The van der Waals surface area contributed by atoms with E-state index in [0.29, 0.717) is 19.0 Å². The summed E-state index contributed by atoms with van der Waals surface area (Å²) < 4.78 is 0. The van der Waals surface area contributed by atoms with Gasteiger partial charge in [-0.05, 0) is 58.0 Å². The molecular formula is C16H26N4O3. The summed E-state index contributed by atoms with van der Waals surface area (Å²) in [6, 6.07) is -0.428. The summed E-state index contributed by atoms with van der Waals surface area (Å²) in [5, 5.41) is 5.95. The molecule has 0 spiro atoms. The first-order valence-corrected chi connectivity index (χ1v) is 8.52. The van der Waals surface area contributed by atoms with E-state index < -0.39 is 11.6 Å². The maximum Gasteiger partial charge on any atom is 0.325 e. The lowest BCUT2D eigenvalue weighted by Crippen LogP contribution is -2.48. The standard InChI is InChI=1S/C16H26N4O3/c1-16(12-3-4-12)14(22)20(15(23)18-16)10-13(21)19-7-5-11(6-8-19)9-17-2/h11-12,17H,3-10H2,1-2H3,(H,18,23). The van der Waals surface area contributed by atoms with Gasteiger partial charge in [-0.25, -0.2) is 4.79 Å². The van der Waals surface area contributed by atoms with Gasteiger partial charge in [-0.2, -0.15) is 0 Å². The molecule has 3 fully saturated rings. The second kappa shape index (κ2) is 6.11. The molecule has 128 valence electrons. The summed E-state index contributed by atoms with van der Waals surface area (Å²) in [7, 11) is 1.94. The van der Waals surface area contributed by atoms with Crippen molar-refractivity contribution >= 4 is 17.8 Å². The summed E-state index contributed by atoms with van der Waals surface area (Å²) in [6.07, 6.45) is 3.85. The molecule has 0 aromatic carbocycles. The number of piperidine rings is 1. The van der Waals surface area contributed by atoms with Gasteiger partial charge in [0.25, 0.3) is 5.91 Å². The summed E-state index contributed by atoms with van der Waals surface area (Å²) in [5.74, 6) is 0.440. The predicted octanol–water partition coefficient (Wildman–Crippen LogP) is 0.165. The van der Waals surface area contributed by atoms with Gasteiger partial charge in [0.05, 0.1) is 0 Å². The van der Waals surface area contributed by atoms with Gasteiger partial charge < -0.3 is 15.5 Å². The normalized spacial score (nSPS) is 29.1. The number of nitrogens with one attached hydrogen (secondary N) is 2. The Balaban J connectivity index is 1.56. The Morgan fingerprint density at radius 1 is 1.26 bits per heavy atom. The van der Waals surface area contributed by atoms with Crippen molar-refractivity contribution in [2.24, 2.45) is 11.8 Å². The average Bonchev–Trinajstić information content (AvgIpc) is 3.34. The van der Waals surface area contributed by atoms with Gasteiger partial charge in [0.2, 0.25) is 5.91 Å². The molecule has 1 atom stereocenters. The summed E-state index contributed by atoms with van der Waals surface area (Å²) >= 11 is 0. The maximum absolute atomic E-state index is 12.5. The van der Waals surface area contributed by atoms with Crippen LogP contribution in [0.3, 0.4) is 0 Å². The van der Waals surface area contributed by atoms with Crippen molar-refractivity contribution in [2.45, 2.75) is 38.1 Å². The Bertz CT molecular complexity index is 511. The molecule has 2 aliphatic heterocycles. The summed E-state index contributed by atoms with van der Waals surface area (Å²) in [6.45, 7) is 4.01. The fourth-order valence-corrected chi connectivity index (χ4v) is 3.71. The lowest BCUT2D eigenvalue weighted by Gasteiger charge is -2.32. The van der Waals surface area contributed by atoms with Crippen LogP contribution in [0.4, 0.5) is 4.79 Å². The molecule has 4 amide bonds. The Morgan fingerprint density at radius 2 is 1.91 bits per heavy atom. The van der Waals surface area contributed by atoms with Crippen molar-refractivity contribution in [3.05, 3.63) is 0 Å². The Kier molecular flexibility index (Phi) is 4.31. The summed E-state index contributed by atoms with van der Waals surface area (Å²) in [4.78, 5) is 40.0. The van der Waals surface area contributed by atoms with Gasteiger partial charge in [0.15, 0.2) is 0 Å². The van der Waals surface area contributed by atoms with Crippen molar-refractivity contribution in [2.75, 3.05) is 33.2 Å². The molecule has 2 N–H and O–H groups in total. The molecule has 3 aliphatic rings. The quantitative estimate of drug-likeness (QED) is 0.707. The topological polar surface area (TPSA) is 81.8 Å². The van der Waals surface area contributed by atoms with Crippen LogP contribution in [0.1, 0.15) is 32.6 Å². The van der Waals surface area contributed by atoms with E-state index in [1.165, 1.54) is 0 Å². The fourth-order valence-electron chi connectivity index (χ4n) is 3.71. The Labute approximate surface area is 136 Å². The number of carbonyl (C=O) groups excluding carboxylic acids is 3. The van der Waals surface area contributed by atoms with Crippen molar-refractivity contribution in [3.8, 4) is 0 Å². The van der Waals surface area contributed by atoms with Crippen molar-refractivity contribution in [3.63, 3.8) is 0 Å². The van der Waals surface area contributed by atoms with Gasteiger partial charge in [-0.3, -0.25) is 14.5 Å². The lowest BCUT2D eigenvalue weighted by atomic mass is 9.96. The molecule has 2 saturated heterocycles. The van der Waals surface area contributed by atoms with Crippen LogP contribution in [0.5, 0.6) is 0 Å². The molecule has 7 heteroatoms. The average molecular weight is 322 g/mol. The zero-order valence-electron chi connectivity index (χ0n) is 13.9. The van der Waals surface area contributed by atoms with E-state index >= 15 is 0 Å². The minimum Gasteiger partial charge on any atom is -0.341 e. The molecule has 3 rings (SSSR count). The molecule has 7 nitrogen and oxygen atoms in total. The Morgan fingerprint density at radius 3 is 2.48 bits per heavy atom. The van der Waals surface area contributed by atoms with E-state index in [1.807, 2.05) is 7.05 Å². The number of amides is 4. The van der Waals surface area contributed by atoms with Crippen molar-refractivity contribution in [1.82, 2.24) is 20.4 Å². The number of urea groups is 1. The number of rotatable bonds is 5. The van der Waals surface area contributed by atoms with Crippen LogP contribution >= 0.6 is 0 Å². The summed E-state index contributed by atoms with van der Waals surface area (Å²) in [5.41, 5.74) is -0.808. The van der Waals surface area contributed by atoms with Crippen LogP contribution in [-0.2, 0) is 9.59 Å². The lowest BCUT2D eigenvalue weighted by molar-refractivity contribution is -0.139. The first-order valence-electron chi connectivity index (χ1n) is 8.52. The highest BCUT2D eigenvalue weighted by Crippen LogP contribution is 2.42. The molecule has 1 aliphatic carbocycles. The number of imide groups is 1. The highest BCUT2D eigenvalue weighted by atomic mass is 16.2. The van der Waals surface area contributed by atoms with Crippen LogP contribution in [0.15, 0.2) is 0 Å². The predicted molar refractivity (Wildman–Crippen MR) is 84.6 cm³/mol. The molecule has 0 bridgehead atoms. The van der Waals surface area contributed by atoms with E-state index in [0.717, 1.165) is 37.1 Å². The third-order valence-corrected chi connectivity index (χ3v) is 5.45. The van der Waals surface area contributed by atoms with Gasteiger partial charge >= 0.3 is 6.03 Å². The zero-order valence-corrected chi connectivity index (χ0v) is 13.9. The molecule has 1 saturated carbocycles. The smallest absolute Gasteiger partial charge is 0.325 e. The molecule has 0 aromatic rings. The van der Waals surface area contributed by atoms with E-state index in [9.17, 15) is 14.4 Å². The van der Waals surface area contributed by atoms with E-state index in [4.69, 9.17) is 0 Å². The first-order chi connectivity index (χ1) is 11.0. The first kappa shape index (κ1) is 16.2. The third kappa shape index (κ3) is 3.06. The van der Waals surface area contributed by atoms with Gasteiger partial charge in [-0.15, -0.1) is 0 Å².